The molecule has 0 radical (unpaired) electrons. The lowest BCUT2D eigenvalue weighted by molar-refractivity contribution is -0.383. The number of nitro groups is 1. The van der Waals surface area contributed by atoms with Gasteiger partial charge in [-0.25, -0.2) is 9.97 Å². The molecule has 92 valence electrons. The van der Waals surface area contributed by atoms with E-state index in [2.05, 4.69) is 9.97 Å². The summed E-state index contributed by atoms with van der Waals surface area (Å²) in [4.78, 5) is 18.2. The van der Waals surface area contributed by atoms with Gasteiger partial charge in [-0.3, -0.25) is 10.1 Å². The number of nitrogens with zero attached hydrogens (tertiary/aromatic N) is 3. The molecular formula is C11H11N5O2. The Morgan fingerprint density at radius 2 is 2.06 bits per heavy atom. The standard InChI is InChI=1S/C11H11N5O2/c1-6-4-7(5-9(12)15-6)8-2-3-14-11(13)10(8)16(17)18/h2-5H,1H3,(H2,12,15)(H2,13,14). The summed E-state index contributed by atoms with van der Waals surface area (Å²) in [6.45, 7) is 1.76. The van der Waals surface area contributed by atoms with Crippen LogP contribution in [0.1, 0.15) is 5.69 Å². The third kappa shape index (κ3) is 2.05. The van der Waals surface area contributed by atoms with Crippen LogP contribution in [0.3, 0.4) is 0 Å². The number of anilines is 2. The average Bonchev–Trinajstić information content (AvgIpc) is 2.26. The van der Waals surface area contributed by atoms with Crippen molar-refractivity contribution < 1.29 is 4.92 Å². The molecule has 0 saturated carbocycles. The van der Waals surface area contributed by atoms with Gasteiger partial charge in [0.25, 0.3) is 0 Å². The van der Waals surface area contributed by atoms with Crippen LogP contribution in [-0.4, -0.2) is 14.9 Å². The van der Waals surface area contributed by atoms with Crippen LogP contribution in [0, 0.1) is 17.0 Å². The molecule has 0 bridgehead atoms. The molecule has 18 heavy (non-hydrogen) atoms. The molecule has 4 N–H and O–H groups in total. The molecule has 0 atom stereocenters. The molecule has 0 aromatic carbocycles. The first-order valence-corrected chi connectivity index (χ1v) is 5.12. The first-order chi connectivity index (χ1) is 8.49. The molecule has 2 rings (SSSR count). The Morgan fingerprint density at radius 3 is 2.67 bits per heavy atom. The molecule has 2 aromatic rings. The SMILES string of the molecule is Cc1cc(-c2ccnc(N)c2[N+](=O)[O-])cc(N)n1. The van der Waals surface area contributed by atoms with E-state index in [0.717, 1.165) is 0 Å². The highest BCUT2D eigenvalue weighted by molar-refractivity contribution is 5.80. The van der Waals surface area contributed by atoms with Crippen LogP contribution in [0.5, 0.6) is 0 Å². The predicted octanol–water partition coefficient (Wildman–Crippen LogP) is 1.52. The van der Waals surface area contributed by atoms with Gasteiger partial charge in [0, 0.05) is 11.9 Å². The monoisotopic (exact) mass is 245 g/mol. The second kappa shape index (κ2) is 4.28. The second-order valence-electron chi connectivity index (χ2n) is 3.77. The van der Waals surface area contributed by atoms with E-state index in [-0.39, 0.29) is 11.5 Å². The molecule has 0 aliphatic carbocycles. The highest BCUT2D eigenvalue weighted by Crippen LogP contribution is 2.33. The van der Waals surface area contributed by atoms with Crippen LogP contribution in [0.2, 0.25) is 0 Å². The summed E-state index contributed by atoms with van der Waals surface area (Å²) in [7, 11) is 0. The van der Waals surface area contributed by atoms with Crippen LogP contribution >= 0.6 is 0 Å². The van der Waals surface area contributed by atoms with E-state index >= 15 is 0 Å². The van der Waals surface area contributed by atoms with Crippen molar-refractivity contribution in [2.45, 2.75) is 6.92 Å². The summed E-state index contributed by atoms with van der Waals surface area (Å²) in [6, 6.07) is 4.80. The number of nitrogens with two attached hydrogens (primary N) is 2. The van der Waals surface area contributed by atoms with E-state index in [1.807, 2.05) is 0 Å². The Hall–Kier alpha value is -2.70. The van der Waals surface area contributed by atoms with Gasteiger partial charge in [-0.1, -0.05) is 0 Å². The fraction of sp³-hybridized carbons (Fsp3) is 0.0909. The molecule has 7 nitrogen and oxygen atoms in total. The van der Waals surface area contributed by atoms with Gasteiger partial charge in [0.15, 0.2) is 0 Å². The number of pyridine rings is 2. The third-order valence-electron chi connectivity index (χ3n) is 2.42. The Bertz CT molecular complexity index is 607. The number of nitrogen functional groups attached to an aromatic ring is 2. The molecule has 0 fully saturated rings. The van der Waals surface area contributed by atoms with E-state index in [4.69, 9.17) is 11.5 Å². The summed E-state index contributed by atoms with van der Waals surface area (Å²) < 4.78 is 0. The number of hydrogen-bond acceptors (Lipinski definition) is 6. The van der Waals surface area contributed by atoms with E-state index in [1.165, 1.54) is 12.3 Å². The summed E-state index contributed by atoms with van der Waals surface area (Å²) >= 11 is 0. The Labute approximate surface area is 103 Å². The van der Waals surface area contributed by atoms with Gasteiger partial charge in [0.1, 0.15) is 5.82 Å². The van der Waals surface area contributed by atoms with Crippen molar-refractivity contribution in [3.05, 3.63) is 40.2 Å². The molecule has 0 aliphatic heterocycles. The number of hydrogen-bond donors (Lipinski definition) is 2. The van der Waals surface area contributed by atoms with Gasteiger partial charge in [-0.05, 0) is 30.7 Å². The fourth-order valence-electron chi connectivity index (χ4n) is 1.74. The minimum Gasteiger partial charge on any atom is -0.384 e. The second-order valence-corrected chi connectivity index (χ2v) is 3.77. The van der Waals surface area contributed by atoms with Gasteiger partial charge < -0.3 is 11.5 Å². The molecular weight excluding hydrogens is 234 g/mol. The number of rotatable bonds is 2. The van der Waals surface area contributed by atoms with Gasteiger partial charge in [-0.15, -0.1) is 0 Å². The van der Waals surface area contributed by atoms with Gasteiger partial charge in [-0.2, -0.15) is 0 Å². The van der Waals surface area contributed by atoms with E-state index < -0.39 is 4.92 Å². The van der Waals surface area contributed by atoms with Crippen LogP contribution in [-0.2, 0) is 0 Å². The molecule has 0 aliphatic rings. The van der Waals surface area contributed by atoms with Crippen molar-refractivity contribution in [1.82, 2.24) is 9.97 Å². The van der Waals surface area contributed by atoms with E-state index in [1.54, 1.807) is 19.1 Å². The topological polar surface area (TPSA) is 121 Å². The summed E-state index contributed by atoms with van der Waals surface area (Å²) in [5.74, 6) is 0.181. The van der Waals surface area contributed by atoms with Crippen molar-refractivity contribution >= 4 is 17.3 Å². The van der Waals surface area contributed by atoms with Crippen molar-refractivity contribution in [3.63, 3.8) is 0 Å². The number of aromatic nitrogens is 2. The summed E-state index contributed by atoms with van der Waals surface area (Å²) in [6.07, 6.45) is 1.42. The fourth-order valence-corrected chi connectivity index (χ4v) is 1.74. The maximum atomic E-state index is 11.0. The first kappa shape index (κ1) is 11.8. The number of aryl methyl sites for hydroxylation is 1. The molecule has 2 heterocycles. The molecule has 2 aromatic heterocycles. The first-order valence-electron chi connectivity index (χ1n) is 5.12. The van der Waals surface area contributed by atoms with Crippen LogP contribution in [0.4, 0.5) is 17.3 Å². The smallest absolute Gasteiger partial charge is 0.318 e. The predicted molar refractivity (Wildman–Crippen MR) is 67.7 cm³/mol. The van der Waals surface area contributed by atoms with Gasteiger partial charge in [0.05, 0.1) is 10.5 Å². The highest BCUT2D eigenvalue weighted by atomic mass is 16.6. The van der Waals surface area contributed by atoms with Gasteiger partial charge >= 0.3 is 5.69 Å². The summed E-state index contributed by atoms with van der Waals surface area (Å²) in [5.41, 5.74) is 12.6. The van der Waals surface area contributed by atoms with Crippen molar-refractivity contribution in [2.24, 2.45) is 0 Å². The molecule has 0 unspecified atom stereocenters. The maximum Gasteiger partial charge on any atom is 0.318 e. The van der Waals surface area contributed by atoms with E-state index in [0.29, 0.717) is 22.6 Å². The van der Waals surface area contributed by atoms with Crippen LogP contribution < -0.4 is 11.5 Å². The van der Waals surface area contributed by atoms with E-state index in [9.17, 15) is 10.1 Å². The molecule has 0 amide bonds. The van der Waals surface area contributed by atoms with Gasteiger partial charge in [0.2, 0.25) is 5.82 Å². The maximum absolute atomic E-state index is 11.0. The normalized spacial score (nSPS) is 10.3. The average molecular weight is 245 g/mol. The van der Waals surface area contributed by atoms with Crippen LogP contribution in [0.15, 0.2) is 24.4 Å². The minimum atomic E-state index is -0.552. The zero-order chi connectivity index (χ0) is 13.3. The largest absolute Gasteiger partial charge is 0.384 e. The Kier molecular flexibility index (Phi) is 2.80. The molecule has 0 spiro atoms. The lowest BCUT2D eigenvalue weighted by Crippen LogP contribution is -2.01. The quantitative estimate of drug-likeness (QED) is 0.611. The minimum absolute atomic E-state index is 0.120. The Balaban J connectivity index is 2.71. The zero-order valence-corrected chi connectivity index (χ0v) is 9.62. The highest BCUT2D eigenvalue weighted by Gasteiger charge is 2.20. The van der Waals surface area contributed by atoms with Crippen LogP contribution in [0.25, 0.3) is 11.1 Å². The third-order valence-corrected chi connectivity index (χ3v) is 2.42. The molecule has 7 heteroatoms. The van der Waals surface area contributed by atoms with Crippen molar-refractivity contribution in [3.8, 4) is 11.1 Å². The van der Waals surface area contributed by atoms with Crippen molar-refractivity contribution in [2.75, 3.05) is 11.5 Å². The van der Waals surface area contributed by atoms with Crippen molar-refractivity contribution in [1.29, 1.82) is 0 Å². The Morgan fingerprint density at radius 1 is 1.33 bits per heavy atom. The zero-order valence-electron chi connectivity index (χ0n) is 9.62. The summed E-state index contributed by atoms with van der Waals surface area (Å²) in [5, 5.41) is 11.0. The lowest BCUT2D eigenvalue weighted by atomic mass is 10.1. The molecule has 0 saturated heterocycles. The lowest BCUT2D eigenvalue weighted by Gasteiger charge is -2.06.